The van der Waals surface area contributed by atoms with E-state index in [4.69, 9.17) is 10.2 Å². The summed E-state index contributed by atoms with van der Waals surface area (Å²) in [6.45, 7) is 0.235. The molecular formula is C8H15N3O5S. The number of carboxylic acid groups (broad SMARTS) is 1. The van der Waals surface area contributed by atoms with E-state index in [0.29, 0.717) is 19.4 Å². The lowest BCUT2D eigenvalue weighted by atomic mass is 10.2. The van der Waals surface area contributed by atoms with Crippen LogP contribution in [0.5, 0.6) is 0 Å². The smallest absolute Gasteiger partial charge is 0.326 e. The van der Waals surface area contributed by atoms with Gasteiger partial charge in [-0.05, 0) is 12.8 Å². The molecule has 1 rings (SSSR count). The molecule has 98 valence electrons. The Morgan fingerprint density at radius 2 is 2.12 bits per heavy atom. The first-order valence-corrected chi connectivity index (χ1v) is 6.80. The van der Waals surface area contributed by atoms with E-state index < -0.39 is 28.1 Å². The lowest BCUT2D eigenvalue weighted by molar-refractivity contribution is -0.141. The quantitative estimate of drug-likeness (QED) is 0.571. The fraction of sp³-hybridized carbons (Fsp3) is 0.750. The molecule has 1 heterocycles. The molecule has 0 aromatic heterocycles. The van der Waals surface area contributed by atoms with Crippen LogP contribution in [0.4, 0.5) is 4.79 Å². The van der Waals surface area contributed by atoms with Crippen LogP contribution in [0.25, 0.3) is 0 Å². The number of rotatable bonds is 4. The van der Waals surface area contributed by atoms with Crippen molar-refractivity contribution in [1.29, 1.82) is 0 Å². The van der Waals surface area contributed by atoms with Crippen LogP contribution in [-0.2, 0) is 14.8 Å². The van der Waals surface area contributed by atoms with Gasteiger partial charge < -0.3 is 15.3 Å². The molecule has 0 unspecified atom stereocenters. The fourth-order valence-electron chi connectivity index (χ4n) is 1.67. The Bertz CT molecular complexity index is 407. The van der Waals surface area contributed by atoms with Gasteiger partial charge in [0.15, 0.2) is 0 Å². The lowest BCUT2D eigenvalue weighted by Gasteiger charge is -2.21. The van der Waals surface area contributed by atoms with Crippen LogP contribution in [0.2, 0.25) is 0 Å². The van der Waals surface area contributed by atoms with E-state index in [-0.39, 0.29) is 12.3 Å². The van der Waals surface area contributed by atoms with Gasteiger partial charge in [0, 0.05) is 13.1 Å². The maximum atomic E-state index is 11.6. The van der Waals surface area contributed by atoms with Crippen molar-refractivity contribution in [1.82, 2.24) is 10.2 Å². The zero-order valence-electron chi connectivity index (χ0n) is 9.13. The number of nitrogens with two attached hydrogens (primary N) is 1. The third kappa shape index (κ3) is 4.19. The number of nitrogens with one attached hydrogen (secondary N) is 1. The van der Waals surface area contributed by atoms with Gasteiger partial charge in [-0.25, -0.2) is 23.1 Å². The molecule has 2 amide bonds. The molecule has 0 aromatic rings. The van der Waals surface area contributed by atoms with Crippen molar-refractivity contribution in [2.45, 2.75) is 18.9 Å². The van der Waals surface area contributed by atoms with Crippen molar-refractivity contribution in [3.8, 4) is 0 Å². The van der Waals surface area contributed by atoms with E-state index in [2.05, 4.69) is 5.32 Å². The van der Waals surface area contributed by atoms with Gasteiger partial charge in [0.2, 0.25) is 10.0 Å². The summed E-state index contributed by atoms with van der Waals surface area (Å²) in [5.41, 5.74) is 0. The Morgan fingerprint density at radius 1 is 1.47 bits per heavy atom. The number of sulfonamides is 1. The third-order valence-electron chi connectivity index (χ3n) is 2.46. The maximum absolute atomic E-state index is 11.6. The van der Waals surface area contributed by atoms with Crippen LogP contribution in [0, 0.1) is 0 Å². The monoisotopic (exact) mass is 265 g/mol. The average molecular weight is 265 g/mol. The molecule has 0 saturated carbocycles. The highest BCUT2D eigenvalue weighted by molar-refractivity contribution is 7.89. The minimum atomic E-state index is -3.62. The summed E-state index contributed by atoms with van der Waals surface area (Å²) in [5, 5.41) is 15.9. The first-order chi connectivity index (χ1) is 7.81. The number of carbonyl (C=O) groups excluding carboxylic acids is 1. The summed E-state index contributed by atoms with van der Waals surface area (Å²) in [6.07, 6.45) is 1.04. The topological polar surface area (TPSA) is 130 Å². The molecule has 4 N–H and O–H groups in total. The van der Waals surface area contributed by atoms with E-state index in [1.54, 1.807) is 0 Å². The molecule has 0 aliphatic carbocycles. The van der Waals surface area contributed by atoms with Crippen molar-refractivity contribution in [3.05, 3.63) is 0 Å². The van der Waals surface area contributed by atoms with Crippen molar-refractivity contribution in [3.63, 3.8) is 0 Å². The molecule has 1 atom stereocenters. The van der Waals surface area contributed by atoms with Crippen LogP contribution in [0.15, 0.2) is 0 Å². The second-order valence-electron chi connectivity index (χ2n) is 3.79. The first-order valence-electron chi connectivity index (χ1n) is 5.09. The summed E-state index contributed by atoms with van der Waals surface area (Å²) in [5.74, 6) is -1.42. The average Bonchev–Trinajstić information content (AvgIpc) is 2.63. The minimum absolute atomic E-state index is 0.124. The summed E-state index contributed by atoms with van der Waals surface area (Å²) < 4.78 is 21.3. The minimum Gasteiger partial charge on any atom is -0.480 e. The number of nitrogens with zero attached hydrogens (tertiary/aromatic N) is 1. The van der Waals surface area contributed by atoms with Crippen LogP contribution >= 0.6 is 0 Å². The Kier molecular flexibility index (Phi) is 4.29. The van der Waals surface area contributed by atoms with Crippen molar-refractivity contribution in [2.75, 3.05) is 18.8 Å². The molecule has 0 radical (unpaired) electrons. The van der Waals surface area contributed by atoms with Gasteiger partial charge in [0.1, 0.15) is 6.04 Å². The molecule has 17 heavy (non-hydrogen) atoms. The summed E-state index contributed by atoms with van der Waals surface area (Å²) in [4.78, 5) is 23.6. The van der Waals surface area contributed by atoms with Crippen molar-refractivity contribution < 1.29 is 23.1 Å². The van der Waals surface area contributed by atoms with Crippen LogP contribution < -0.4 is 10.5 Å². The van der Waals surface area contributed by atoms with Gasteiger partial charge in [0.25, 0.3) is 0 Å². The highest BCUT2D eigenvalue weighted by Gasteiger charge is 2.33. The lowest BCUT2D eigenvalue weighted by Crippen LogP contribution is -2.47. The number of carbonyl (C=O) groups is 2. The Labute approximate surface area is 98.8 Å². The molecule has 9 heteroatoms. The summed E-state index contributed by atoms with van der Waals surface area (Å²) in [6, 6.07) is -1.40. The normalized spacial score (nSPS) is 20.3. The SMILES string of the molecule is NS(=O)(=O)CCNC(=O)N1CCC[C@H]1C(=O)O. The van der Waals surface area contributed by atoms with Gasteiger partial charge in [-0.3, -0.25) is 0 Å². The first kappa shape index (κ1) is 13.7. The van der Waals surface area contributed by atoms with Crippen LogP contribution in [0.1, 0.15) is 12.8 Å². The van der Waals surface area contributed by atoms with E-state index in [0.717, 1.165) is 0 Å². The molecule has 0 bridgehead atoms. The predicted octanol–water partition coefficient (Wildman–Crippen LogP) is -1.47. The van der Waals surface area contributed by atoms with Gasteiger partial charge in [-0.2, -0.15) is 0 Å². The largest absolute Gasteiger partial charge is 0.480 e. The number of urea groups is 1. The summed E-state index contributed by atoms with van der Waals surface area (Å²) >= 11 is 0. The number of amides is 2. The number of likely N-dealkylation sites (tertiary alicyclic amines) is 1. The maximum Gasteiger partial charge on any atom is 0.326 e. The third-order valence-corrected chi connectivity index (χ3v) is 3.23. The van der Waals surface area contributed by atoms with E-state index in [9.17, 15) is 18.0 Å². The van der Waals surface area contributed by atoms with Crippen LogP contribution in [-0.4, -0.2) is 55.3 Å². The Balaban J connectivity index is 2.45. The second kappa shape index (κ2) is 5.32. The van der Waals surface area contributed by atoms with Gasteiger partial charge in [-0.15, -0.1) is 0 Å². The molecule has 8 nitrogen and oxygen atoms in total. The van der Waals surface area contributed by atoms with E-state index in [1.807, 2.05) is 0 Å². The van der Waals surface area contributed by atoms with Gasteiger partial charge in [0.05, 0.1) is 5.75 Å². The number of aliphatic carboxylic acids is 1. The van der Waals surface area contributed by atoms with Crippen LogP contribution in [0.3, 0.4) is 0 Å². The highest BCUT2D eigenvalue weighted by Crippen LogP contribution is 2.16. The molecular weight excluding hydrogens is 250 g/mol. The number of hydrogen-bond acceptors (Lipinski definition) is 4. The van der Waals surface area contributed by atoms with Gasteiger partial charge >= 0.3 is 12.0 Å². The van der Waals surface area contributed by atoms with E-state index in [1.165, 1.54) is 4.90 Å². The predicted molar refractivity (Wildman–Crippen MR) is 58.7 cm³/mol. The molecule has 0 aromatic carbocycles. The zero-order valence-corrected chi connectivity index (χ0v) is 9.94. The standard InChI is InChI=1S/C8H15N3O5S/c9-17(15,16)5-3-10-8(14)11-4-1-2-6(11)7(12)13/h6H,1-5H2,(H,10,14)(H,12,13)(H2,9,15,16)/t6-/m0/s1. The molecule has 1 saturated heterocycles. The number of hydrogen-bond donors (Lipinski definition) is 3. The highest BCUT2D eigenvalue weighted by atomic mass is 32.2. The number of primary sulfonamides is 1. The van der Waals surface area contributed by atoms with Gasteiger partial charge in [-0.1, -0.05) is 0 Å². The van der Waals surface area contributed by atoms with Crippen molar-refractivity contribution >= 4 is 22.0 Å². The molecule has 0 spiro atoms. The van der Waals surface area contributed by atoms with Crippen molar-refractivity contribution in [2.24, 2.45) is 5.14 Å². The fourth-order valence-corrected chi connectivity index (χ4v) is 2.05. The molecule has 1 aliphatic rings. The summed E-state index contributed by atoms with van der Waals surface area (Å²) in [7, 11) is -3.62. The Morgan fingerprint density at radius 3 is 2.65 bits per heavy atom. The molecule has 1 fully saturated rings. The zero-order chi connectivity index (χ0) is 13.1. The van der Waals surface area contributed by atoms with E-state index >= 15 is 0 Å². The number of carboxylic acids is 1. The second-order valence-corrected chi connectivity index (χ2v) is 5.52. The molecule has 1 aliphatic heterocycles. The Hall–Kier alpha value is -1.35.